The molecule has 7 nitrogen and oxygen atoms in total. The van der Waals surface area contributed by atoms with Crippen molar-refractivity contribution in [1.29, 1.82) is 0 Å². The molecule has 0 bridgehead atoms. The van der Waals surface area contributed by atoms with E-state index in [1.807, 2.05) is 0 Å². The normalized spacial score (nSPS) is 10.2. The summed E-state index contributed by atoms with van der Waals surface area (Å²) in [7, 11) is 0. The molecule has 0 radical (unpaired) electrons. The maximum absolute atomic E-state index is 12.1. The Morgan fingerprint density at radius 1 is 1.29 bits per heavy atom. The Bertz CT molecular complexity index is 739. The maximum atomic E-state index is 12.1. The summed E-state index contributed by atoms with van der Waals surface area (Å²) in [6.45, 7) is 0. The monoisotopic (exact) mass is 346 g/mol. The summed E-state index contributed by atoms with van der Waals surface area (Å²) in [6, 6.07) is 3.48. The predicted molar refractivity (Wildman–Crippen MR) is 78.1 cm³/mol. The number of aromatic nitrogens is 2. The summed E-state index contributed by atoms with van der Waals surface area (Å²) in [5.41, 5.74) is -0.499. The average molecular weight is 348 g/mol. The molecule has 0 aliphatic rings. The minimum Gasteiger partial charge on any atom is -0.306 e. The molecule has 1 heterocycles. The average Bonchev–Trinajstić information content (AvgIpc) is 2.41. The minimum atomic E-state index is -0.708. The van der Waals surface area contributed by atoms with Gasteiger partial charge < -0.3 is 5.32 Å². The molecule has 2 aromatic rings. The number of carbonyl (C=O) groups is 1. The molecule has 1 aromatic carbocycles. The number of carbonyl (C=O) groups excluding carboxylic acids is 1. The molecule has 1 amide bonds. The number of rotatable bonds is 3. The van der Waals surface area contributed by atoms with E-state index in [2.05, 4.69) is 15.3 Å². The zero-order valence-electron chi connectivity index (χ0n) is 10.0. The van der Waals surface area contributed by atoms with Gasteiger partial charge in [0.15, 0.2) is 0 Å². The number of anilines is 1. The van der Waals surface area contributed by atoms with Crippen molar-refractivity contribution in [2.24, 2.45) is 0 Å². The van der Waals surface area contributed by atoms with E-state index in [1.54, 1.807) is 0 Å². The number of halogens is 3. The van der Waals surface area contributed by atoms with Crippen molar-refractivity contribution in [2.75, 3.05) is 5.32 Å². The molecule has 10 heteroatoms. The van der Waals surface area contributed by atoms with E-state index >= 15 is 0 Å². The third-order valence-corrected chi connectivity index (χ3v) is 3.32. The highest BCUT2D eigenvalue weighted by molar-refractivity contribution is 6.44. The standard InChI is InChI=1S/C11H5Cl3N4O3/c12-7-4-5(18(20)21)3-6(9(7)13)10(19)16-8-1-2-15-11(14)17-8/h1-4H,(H,15,16,17,19). The zero-order chi connectivity index (χ0) is 15.6. The number of hydrogen-bond acceptors (Lipinski definition) is 5. The van der Waals surface area contributed by atoms with Crippen molar-refractivity contribution in [3.8, 4) is 0 Å². The van der Waals surface area contributed by atoms with E-state index in [1.165, 1.54) is 12.3 Å². The van der Waals surface area contributed by atoms with Crippen molar-refractivity contribution < 1.29 is 9.72 Å². The third kappa shape index (κ3) is 3.57. The van der Waals surface area contributed by atoms with Crippen LogP contribution in [0.4, 0.5) is 11.5 Å². The quantitative estimate of drug-likeness (QED) is 0.519. The van der Waals surface area contributed by atoms with Crippen LogP contribution in [-0.4, -0.2) is 20.8 Å². The van der Waals surface area contributed by atoms with Crippen LogP contribution in [-0.2, 0) is 0 Å². The number of hydrogen-bond donors (Lipinski definition) is 1. The van der Waals surface area contributed by atoms with E-state index in [9.17, 15) is 14.9 Å². The molecule has 0 saturated heterocycles. The molecule has 0 fully saturated rings. The first-order chi connectivity index (χ1) is 9.88. The van der Waals surface area contributed by atoms with Crippen LogP contribution in [0.25, 0.3) is 0 Å². The van der Waals surface area contributed by atoms with E-state index < -0.39 is 10.8 Å². The predicted octanol–water partition coefficient (Wildman–Crippen LogP) is 3.60. The van der Waals surface area contributed by atoms with E-state index in [-0.39, 0.29) is 32.4 Å². The number of nitrogens with one attached hydrogen (secondary N) is 1. The van der Waals surface area contributed by atoms with Gasteiger partial charge in [-0.3, -0.25) is 14.9 Å². The van der Waals surface area contributed by atoms with Crippen LogP contribution in [0, 0.1) is 10.1 Å². The van der Waals surface area contributed by atoms with Crippen LogP contribution in [0.15, 0.2) is 24.4 Å². The molecule has 0 saturated carbocycles. The molecule has 1 N–H and O–H groups in total. The fourth-order valence-electron chi connectivity index (χ4n) is 1.43. The number of non-ortho nitro benzene ring substituents is 1. The molecular weight excluding hydrogens is 343 g/mol. The van der Waals surface area contributed by atoms with Gasteiger partial charge in [0, 0.05) is 18.3 Å². The highest BCUT2D eigenvalue weighted by Gasteiger charge is 2.19. The van der Waals surface area contributed by atoms with Crippen LogP contribution < -0.4 is 5.32 Å². The van der Waals surface area contributed by atoms with Crippen LogP contribution in [0.2, 0.25) is 15.3 Å². The summed E-state index contributed by atoms with van der Waals surface area (Å²) in [5, 5.41) is 12.9. The second-order valence-electron chi connectivity index (χ2n) is 3.71. The Kier molecular flexibility index (Phi) is 4.56. The van der Waals surface area contributed by atoms with Gasteiger partial charge in [0.1, 0.15) is 5.82 Å². The van der Waals surface area contributed by atoms with E-state index in [0.29, 0.717) is 0 Å². The molecule has 2 rings (SSSR count). The lowest BCUT2D eigenvalue weighted by molar-refractivity contribution is -0.384. The largest absolute Gasteiger partial charge is 0.306 e. The van der Waals surface area contributed by atoms with Gasteiger partial charge in [0.25, 0.3) is 11.6 Å². The first-order valence-corrected chi connectivity index (χ1v) is 6.45. The SMILES string of the molecule is O=C(Nc1ccnc(Cl)n1)c1cc([N+](=O)[O-])cc(Cl)c1Cl. The molecule has 0 unspecified atom stereocenters. The maximum Gasteiger partial charge on any atom is 0.271 e. The zero-order valence-corrected chi connectivity index (χ0v) is 12.3. The van der Waals surface area contributed by atoms with Gasteiger partial charge in [-0.05, 0) is 17.7 Å². The van der Waals surface area contributed by atoms with E-state index in [4.69, 9.17) is 34.8 Å². The minimum absolute atomic E-state index is 0.0593. The summed E-state index contributed by atoms with van der Waals surface area (Å²) in [6.07, 6.45) is 1.34. The number of nitro benzene ring substituents is 1. The Morgan fingerprint density at radius 3 is 2.62 bits per heavy atom. The summed E-state index contributed by atoms with van der Waals surface area (Å²) in [4.78, 5) is 29.6. The lowest BCUT2D eigenvalue weighted by Gasteiger charge is -2.07. The van der Waals surface area contributed by atoms with Gasteiger partial charge in [0.05, 0.1) is 20.5 Å². The van der Waals surface area contributed by atoms with Crippen molar-refractivity contribution in [3.05, 3.63) is 55.4 Å². The van der Waals surface area contributed by atoms with Gasteiger partial charge in [-0.25, -0.2) is 9.97 Å². The van der Waals surface area contributed by atoms with Gasteiger partial charge in [-0.1, -0.05) is 23.2 Å². The van der Waals surface area contributed by atoms with Gasteiger partial charge in [0.2, 0.25) is 5.28 Å². The first-order valence-electron chi connectivity index (χ1n) is 5.32. The lowest BCUT2D eigenvalue weighted by atomic mass is 10.2. The van der Waals surface area contributed by atoms with Crippen molar-refractivity contribution in [1.82, 2.24) is 9.97 Å². The molecule has 0 aliphatic heterocycles. The molecule has 0 atom stereocenters. The van der Waals surface area contributed by atoms with E-state index in [0.717, 1.165) is 12.1 Å². The number of nitrogens with zero attached hydrogens (tertiary/aromatic N) is 3. The molecule has 0 spiro atoms. The second-order valence-corrected chi connectivity index (χ2v) is 4.83. The first kappa shape index (κ1) is 15.4. The third-order valence-electron chi connectivity index (χ3n) is 2.34. The summed E-state index contributed by atoms with van der Waals surface area (Å²) >= 11 is 17.2. The van der Waals surface area contributed by atoms with Crippen molar-refractivity contribution in [3.63, 3.8) is 0 Å². The Morgan fingerprint density at radius 2 is 2.00 bits per heavy atom. The second kappa shape index (κ2) is 6.21. The van der Waals surface area contributed by atoms with Crippen molar-refractivity contribution >= 4 is 52.2 Å². The summed E-state index contributed by atoms with van der Waals surface area (Å²) < 4.78 is 0. The summed E-state index contributed by atoms with van der Waals surface area (Å²) in [5.74, 6) is -0.584. The highest BCUT2D eigenvalue weighted by Crippen LogP contribution is 2.31. The highest BCUT2D eigenvalue weighted by atomic mass is 35.5. The molecular formula is C11H5Cl3N4O3. The van der Waals surface area contributed by atoms with Crippen LogP contribution in [0.5, 0.6) is 0 Å². The smallest absolute Gasteiger partial charge is 0.271 e. The van der Waals surface area contributed by atoms with Crippen LogP contribution >= 0.6 is 34.8 Å². The van der Waals surface area contributed by atoms with Crippen LogP contribution in [0.3, 0.4) is 0 Å². The lowest BCUT2D eigenvalue weighted by Crippen LogP contribution is -2.14. The Labute approximate surface area is 133 Å². The van der Waals surface area contributed by atoms with Gasteiger partial charge >= 0.3 is 0 Å². The molecule has 21 heavy (non-hydrogen) atoms. The fraction of sp³-hybridized carbons (Fsp3) is 0. The Hall–Kier alpha value is -1.96. The van der Waals surface area contributed by atoms with Crippen LogP contribution in [0.1, 0.15) is 10.4 Å². The van der Waals surface area contributed by atoms with Gasteiger partial charge in [-0.2, -0.15) is 0 Å². The number of amides is 1. The number of benzene rings is 1. The molecule has 108 valence electrons. The fourth-order valence-corrected chi connectivity index (χ4v) is 1.99. The van der Waals surface area contributed by atoms with Crippen molar-refractivity contribution in [2.45, 2.75) is 0 Å². The molecule has 0 aliphatic carbocycles. The topological polar surface area (TPSA) is 98.0 Å². The van der Waals surface area contributed by atoms with Gasteiger partial charge in [-0.15, -0.1) is 0 Å². The number of nitro groups is 1. The Balaban J connectivity index is 2.37. The molecule has 1 aromatic heterocycles.